The molecular formula is C13H22N2O3. The maximum Gasteiger partial charge on any atom is 0.254 e. The summed E-state index contributed by atoms with van der Waals surface area (Å²) in [6, 6.07) is 0.120. The zero-order chi connectivity index (χ0) is 12.8. The Kier molecular flexibility index (Phi) is 3.08. The van der Waals surface area contributed by atoms with Gasteiger partial charge < -0.3 is 19.6 Å². The highest BCUT2D eigenvalue weighted by molar-refractivity contribution is 5.86. The predicted molar refractivity (Wildman–Crippen MR) is 66.2 cm³/mol. The molecule has 0 bridgehead atoms. The Morgan fingerprint density at radius 2 is 2.17 bits per heavy atom. The molecule has 2 unspecified atom stereocenters. The first-order valence-electron chi connectivity index (χ1n) is 6.94. The Hall–Kier alpha value is -0.650. The van der Waals surface area contributed by atoms with E-state index < -0.39 is 5.60 Å². The highest BCUT2D eigenvalue weighted by atomic mass is 16.5. The van der Waals surface area contributed by atoms with Crippen molar-refractivity contribution in [1.82, 2.24) is 9.80 Å². The lowest BCUT2D eigenvalue weighted by Crippen LogP contribution is -2.65. The van der Waals surface area contributed by atoms with Gasteiger partial charge in [-0.25, -0.2) is 0 Å². The van der Waals surface area contributed by atoms with Crippen molar-refractivity contribution in [2.45, 2.75) is 43.4 Å². The van der Waals surface area contributed by atoms with E-state index in [1.54, 1.807) is 0 Å². The molecule has 102 valence electrons. The largest absolute Gasteiger partial charge is 0.380 e. The summed E-state index contributed by atoms with van der Waals surface area (Å²) < 4.78 is 5.77. The van der Waals surface area contributed by atoms with Gasteiger partial charge in [-0.05, 0) is 32.7 Å². The molecular weight excluding hydrogens is 232 g/mol. The normalized spacial score (nSPS) is 35.8. The van der Waals surface area contributed by atoms with Crippen molar-refractivity contribution in [1.29, 1.82) is 0 Å². The lowest BCUT2D eigenvalue weighted by atomic mass is 9.78. The zero-order valence-electron chi connectivity index (χ0n) is 11.0. The average molecular weight is 254 g/mol. The van der Waals surface area contributed by atoms with Crippen molar-refractivity contribution in [3.05, 3.63) is 0 Å². The van der Waals surface area contributed by atoms with Gasteiger partial charge in [0.15, 0.2) is 0 Å². The summed E-state index contributed by atoms with van der Waals surface area (Å²) in [5.41, 5.74) is -1.07. The number of carbonyl (C=O) groups excluding carboxylic acids is 1. The van der Waals surface area contributed by atoms with E-state index in [0.29, 0.717) is 26.0 Å². The van der Waals surface area contributed by atoms with Gasteiger partial charge in [0.05, 0.1) is 18.8 Å². The first-order valence-corrected chi connectivity index (χ1v) is 6.94. The van der Waals surface area contributed by atoms with Crippen LogP contribution in [0.4, 0.5) is 0 Å². The number of likely N-dealkylation sites (N-methyl/N-ethyl adjacent to an activating group) is 1. The Morgan fingerprint density at radius 3 is 2.83 bits per heavy atom. The maximum absolute atomic E-state index is 12.5. The molecule has 5 heteroatoms. The summed E-state index contributed by atoms with van der Waals surface area (Å²) in [6.07, 6.45) is 3.33. The number of nitrogens with zero attached hydrogens (tertiary/aromatic N) is 2. The molecule has 2 heterocycles. The highest BCUT2D eigenvalue weighted by Crippen LogP contribution is 2.35. The number of morpholine rings is 1. The summed E-state index contributed by atoms with van der Waals surface area (Å²) in [6.45, 7) is 3.10. The van der Waals surface area contributed by atoms with Crippen LogP contribution < -0.4 is 0 Å². The number of hydrogen-bond donors (Lipinski definition) is 1. The van der Waals surface area contributed by atoms with Crippen LogP contribution in [-0.4, -0.2) is 71.8 Å². The number of rotatable bonds is 1. The minimum atomic E-state index is -1.07. The number of hydrogen-bond acceptors (Lipinski definition) is 4. The van der Waals surface area contributed by atoms with Crippen molar-refractivity contribution in [3.63, 3.8) is 0 Å². The van der Waals surface area contributed by atoms with E-state index in [2.05, 4.69) is 11.9 Å². The molecule has 3 fully saturated rings. The molecule has 0 radical (unpaired) electrons. The fraction of sp³-hybridized carbons (Fsp3) is 0.923. The summed E-state index contributed by atoms with van der Waals surface area (Å²) in [5.74, 6) is -0.0673. The third kappa shape index (κ3) is 1.94. The van der Waals surface area contributed by atoms with Crippen molar-refractivity contribution in [2.75, 3.05) is 33.3 Å². The fourth-order valence-corrected chi connectivity index (χ4v) is 3.28. The number of aliphatic hydroxyl groups is 1. The second-order valence-electron chi connectivity index (χ2n) is 5.91. The topological polar surface area (TPSA) is 53.0 Å². The predicted octanol–water partition coefficient (Wildman–Crippen LogP) is -0.167. The van der Waals surface area contributed by atoms with Crippen molar-refractivity contribution in [3.8, 4) is 0 Å². The minimum Gasteiger partial charge on any atom is -0.380 e. The molecule has 3 aliphatic rings. The lowest BCUT2D eigenvalue weighted by Gasteiger charge is -2.49. The van der Waals surface area contributed by atoms with Crippen LogP contribution in [0.1, 0.15) is 25.7 Å². The van der Waals surface area contributed by atoms with Crippen molar-refractivity contribution >= 4 is 5.91 Å². The Bertz CT molecular complexity index is 343. The number of piperidine rings is 1. The monoisotopic (exact) mass is 254 g/mol. The number of carbonyl (C=O) groups is 1. The van der Waals surface area contributed by atoms with Gasteiger partial charge in [0.1, 0.15) is 5.60 Å². The van der Waals surface area contributed by atoms with Gasteiger partial charge in [0.25, 0.3) is 5.91 Å². The van der Waals surface area contributed by atoms with Gasteiger partial charge in [-0.3, -0.25) is 4.79 Å². The molecule has 18 heavy (non-hydrogen) atoms. The van der Waals surface area contributed by atoms with Gasteiger partial charge in [-0.2, -0.15) is 0 Å². The van der Waals surface area contributed by atoms with E-state index in [1.165, 1.54) is 0 Å². The van der Waals surface area contributed by atoms with Crippen LogP contribution in [-0.2, 0) is 9.53 Å². The van der Waals surface area contributed by atoms with Gasteiger partial charge >= 0.3 is 0 Å². The van der Waals surface area contributed by atoms with Crippen molar-refractivity contribution in [2.24, 2.45) is 0 Å². The molecule has 5 nitrogen and oxygen atoms in total. The molecule has 3 rings (SSSR count). The van der Waals surface area contributed by atoms with Gasteiger partial charge in [0, 0.05) is 19.6 Å². The average Bonchev–Trinajstić information content (AvgIpc) is 2.34. The third-order valence-electron chi connectivity index (χ3n) is 4.63. The molecule has 0 aromatic carbocycles. The Morgan fingerprint density at radius 1 is 1.39 bits per heavy atom. The van der Waals surface area contributed by atoms with Crippen LogP contribution in [0, 0.1) is 0 Å². The summed E-state index contributed by atoms with van der Waals surface area (Å²) in [4.78, 5) is 16.6. The smallest absolute Gasteiger partial charge is 0.254 e. The standard InChI is InChI=1S/C13H22N2O3/c1-14-6-3-11-10(9-14)15(7-8-18-11)12(16)13(17)4-2-5-13/h10-11,17H,2-9H2,1H3. The van der Waals surface area contributed by atoms with Crippen LogP contribution in [0.2, 0.25) is 0 Å². The molecule has 1 N–H and O–H groups in total. The molecule has 0 spiro atoms. The second-order valence-corrected chi connectivity index (χ2v) is 5.91. The molecule has 0 aromatic rings. The molecule has 1 saturated carbocycles. The van der Waals surface area contributed by atoms with Crippen LogP contribution in [0.25, 0.3) is 0 Å². The van der Waals surface area contributed by atoms with Gasteiger partial charge in [0.2, 0.25) is 0 Å². The second kappa shape index (κ2) is 4.47. The van der Waals surface area contributed by atoms with E-state index >= 15 is 0 Å². The number of amides is 1. The minimum absolute atomic E-state index is 0.0673. The van der Waals surface area contributed by atoms with E-state index in [1.807, 2.05) is 4.90 Å². The first kappa shape index (κ1) is 12.4. The fourth-order valence-electron chi connectivity index (χ4n) is 3.28. The number of fused-ring (bicyclic) bond motifs is 1. The van der Waals surface area contributed by atoms with Crippen molar-refractivity contribution < 1.29 is 14.6 Å². The molecule has 0 aromatic heterocycles. The van der Waals surface area contributed by atoms with E-state index in [4.69, 9.17) is 4.74 Å². The van der Waals surface area contributed by atoms with Crippen LogP contribution in [0.3, 0.4) is 0 Å². The highest BCUT2D eigenvalue weighted by Gasteiger charge is 2.48. The molecule has 1 amide bonds. The van der Waals surface area contributed by atoms with Gasteiger partial charge in [-0.1, -0.05) is 0 Å². The zero-order valence-corrected chi connectivity index (χ0v) is 11.0. The van der Waals surface area contributed by atoms with Gasteiger partial charge in [-0.15, -0.1) is 0 Å². The summed E-state index contributed by atoms with van der Waals surface area (Å²) >= 11 is 0. The first-order chi connectivity index (χ1) is 8.60. The summed E-state index contributed by atoms with van der Waals surface area (Å²) in [5, 5.41) is 10.2. The molecule has 2 saturated heterocycles. The van der Waals surface area contributed by atoms with E-state index in [-0.39, 0.29) is 18.1 Å². The van der Waals surface area contributed by atoms with Crippen LogP contribution >= 0.6 is 0 Å². The third-order valence-corrected chi connectivity index (χ3v) is 4.63. The quantitative estimate of drug-likeness (QED) is 0.706. The molecule has 2 aliphatic heterocycles. The number of likely N-dealkylation sites (tertiary alicyclic amines) is 1. The summed E-state index contributed by atoms with van der Waals surface area (Å²) in [7, 11) is 2.07. The van der Waals surface area contributed by atoms with E-state index in [9.17, 15) is 9.90 Å². The SMILES string of the molecule is CN1CCC2OCCN(C(=O)C3(O)CCC3)C2C1. The Labute approximate surface area is 108 Å². The van der Waals surface area contributed by atoms with Crippen LogP contribution in [0.5, 0.6) is 0 Å². The lowest BCUT2D eigenvalue weighted by molar-refractivity contribution is -0.177. The van der Waals surface area contributed by atoms with E-state index in [0.717, 1.165) is 25.9 Å². The molecule has 1 aliphatic carbocycles. The number of ether oxygens (including phenoxy) is 1. The van der Waals surface area contributed by atoms with Crippen LogP contribution in [0.15, 0.2) is 0 Å². The molecule has 2 atom stereocenters. The maximum atomic E-state index is 12.5. The Balaban J connectivity index is 1.75.